The van der Waals surface area contributed by atoms with Crippen molar-refractivity contribution < 1.29 is 29.2 Å². The van der Waals surface area contributed by atoms with Gasteiger partial charge < -0.3 is 9.84 Å². The zero-order valence-corrected chi connectivity index (χ0v) is 18.2. The van der Waals surface area contributed by atoms with Gasteiger partial charge in [0.15, 0.2) is 0 Å². The van der Waals surface area contributed by atoms with Crippen molar-refractivity contribution >= 4 is 17.8 Å². The standard InChI is InChI=1S/C20H30N6O6/c1-7-12-28-20(27)24(6)17-21-18(25(29-13-8-2)30-14-9-3)23-19(22-17)26(31-15-10-4)32-16-11-5/h7-11,20,27H,1-5,12-16H2,6H3. The number of hydrogen-bond donors (Lipinski definition) is 1. The zero-order valence-electron chi connectivity index (χ0n) is 18.2. The van der Waals surface area contributed by atoms with Crippen molar-refractivity contribution in [2.75, 3.05) is 55.4 Å². The molecule has 0 amide bonds. The minimum absolute atomic E-state index is 0.00891. The largest absolute Gasteiger partial charge is 0.351 e. The Morgan fingerprint density at radius 2 is 1.03 bits per heavy atom. The molecular formula is C20H30N6O6. The smallest absolute Gasteiger partial charge is 0.284 e. The molecule has 1 rings (SSSR count). The van der Waals surface area contributed by atoms with Crippen LogP contribution in [0.3, 0.4) is 0 Å². The van der Waals surface area contributed by atoms with Gasteiger partial charge in [-0.2, -0.15) is 15.0 Å². The first kappa shape index (κ1) is 26.9. The number of rotatable bonds is 19. The SMILES string of the molecule is C=CCOC(O)N(C)c1nc(N(OCC=C)OCC=C)nc(N(OCC=C)OCC=C)n1. The van der Waals surface area contributed by atoms with Gasteiger partial charge in [0.2, 0.25) is 12.4 Å². The van der Waals surface area contributed by atoms with Crippen molar-refractivity contribution in [1.82, 2.24) is 15.0 Å². The summed E-state index contributed by atoms with van der Waals surface area (Å²) in [7, 11) is 1.51. The van der Waals surface area contributed by atoms with Crippen LogP contribution in [-0.2, 0) is 24.1 Å². The van der Waals surface area contributed by atoms with Crippen LogP contribution in [0, 0.1) is 0 Å². The molecule has 0 radical (unpaired) electrons. The predicted molar refractivity (Wildman–Crippen MR) is 120 cm³/mol. The van der Waals surface area contributed by atoms with Gasteiger partial charge in [0.25, 0.3) is 11.9 Å². The highest BCUT2D eigenvalue weighted by Crippen LogP contribution is 2.21. The number of aliphatic hydroxyl groups is 1. The van der Waals surface area contributed by atoms with Crippen LogP contribution in [0.1, 0.15) is 0 Å². The summed E-state index contributed by atoms with van der Waals surface area (Å²) >= 11 is 0. The van der Waals surface area contributed by atoms with Gasteiger partial charge in [0.1, 0.15) is 0 Å². The van der Waals surface area contributed by atoms with E-state index in [1.165, 1.54) is 42.3 Å². The molecule has 1 N–H and O–H groups in total. The van der Waals surface area contributed by atoms with E-state index in [4.69, 9.17) is 24.1 Å². The van der Waals surface area contributed by atoms with Crippen molar-refractivity contribution in [3.63, 3.8) is 0 Å². The van der Waals surface area contributed by atoms with Crippen LogP contribution in [-0.4, -0.2) is 66.6 Å². The summed E-state index contributed by atoms with van der Waals surface area (Å²) in [6.07, 6.45) is 6.16. The van der Waals surface area contributed by atoms with E-state index < -0.39 is 6.41 Å². The van der Waals surface area contributed by atoms with Gasteiger partial charge in [-0.3, -0.25) is 4.90 Å². The first-order valence-corrected chi connectivity index (χ1v) is 9.47. The Morgan fingerprint density at radius 1 is 0.688 bits per heavy atom. The van der Waals surface area contributed by atoms with Crippen LogP contribution in [0.4, 0.5) is 17.8 Å². The van der Waals surface area contributed by atoms with Crippen LogP contribution in [0.2, 0.25) is 0 Å². The van der Waals surface area contributed by atoms with Gasteiger partial charge in [-0.1, -0.05) is 40.8 Å². The molecule has 32 heavy (non-hydrogen) atoms. The molecule has 0 fully saturated rings. The van der Waals surface area contributed by atoms with Crippen molar-refractivity contribution in [3.8, 4) is 0 Å². The van der Waals surface area contributed by atoms with E-state index >= 15 is 0 Å². The maximum absolute atomic E-state index is 10.3. The Labute approximate surface area is 187 Å². The van der Waals surface area contributed by atoms with E-state index in [2.05, 4.69) is 47.8 Å². The Hall–Kier alpha value is -3.13. The Kier molecular flexibility index (Phi) is 13.1. The molecule has 1 aromatic heterocycles. The Bertz CT molecular complexity index is 679. The highest BCUT2D eigenvalue weighted by Gasteiger charge is 2.24. The summed E-state index contributed by atoms with van der Waals surface area (Å²) < 4.78 is 5.23. The van der Waals surface area contributed by atoms with Gasteiger partial charge in [-0.15, -0.1) is 32.9 Å². The van der Waals surface area contributed by atoms with Crippen LogP contribution in [0.15, 0.2) is 63.3 Å². The lowest BCUT2D eigenvalue weighted by Crippen LogP contribution is -2.37. The minimum atomic E-state index is -1.38. The maximum atomic E-state index is 10.3. The van der Waals surface area contributed by atoms with E-state index in [1.807, 2.05) is 0 Å². The van der Waals surface area contributed by atoms with Crippen molar-refractivity contribution in [3.05, 3.63) is 63.3 Å². The van der Waals surface area contributed by atoms with Crippen molar-refractivity contribution in [2.24, 2.45) is 0 Å². The van der Waals surface area contributed by atoms with E-state index in [-0.39, 0.29) is 50.9 Å². The zero-order chi connectivity index (χ0) is 23.8. The minimum Gasteiger partial charge on any atom is -0.351 e. The van der Waals surface area contributed by atoms with E-state index in [9.17, 15) is 5.11 Å². The van der Waals surface area contributed by atoms with E-state index in [0.29, 0.717) is 0 Å². The summed E-state index contributed by atoms with van der Waals surface area (Å²) in [5.41, 5.74) is 0. The fourth-order valence-corrected chi connectivity index (χ4v) is 1.82. The number of aromatic nitrogens is 3. The second kappa shape index (κ2) is 15.6. The second-order valence-corrected chi connectivity index (χ2v) is 5.65. The lowest BCUT2D eigenvalue weighted by Gasteiger charge is -2.26. The molecule has 1 atom stereocenters. The molecule has 1 unspecified atom stereocenters. The first-order valence-electron chi connectivity index (χ1n) is 9.47. The van der Waals surface area contributed by atoms with E-state index in [1.54, 1.807) is 0 Å². The number of aliphatic hydroxyl groups excluding tert-OH is 1. The third kappa shape index (κ3) is 8.93. The molecule has 0 aromatic carbocycles. The van der Waals surface area contributed by atoms with Gasteiger partial charge >= 0.3 is 0 Å². The molecular weight excluding hydrogens is 420 g/mol. The van der Waals surface area contributed by atoms with Gasteiger partial charge in [0.05, 0.1) is 33.0 Å². The molecule has 0 saturated heterocycles. The third-order valence-corrected chi connectivity index (χ3v) is 3.18. The normalized spacial score (nSPS) is 11.3. The molecule has 0 saturated carbocycles. The van der Waals surface area contributed by atoms with Crippen LogP contribution in [0.5, 0.6) is 0 Å². The highest BCUT2D eigenvalue weighted by molar-refractivity contribution is 5.42. The molecule has 1 heterocycles. The molecule has 0 aliphatic rings. The van der Waals surface area contributed by atoms with Gasteiger partial charge in [-0.25, -0.2) is 19.4 Å². The van der Waals surface area contributed by atoms with Crippen molar-refractivity contribution in [2.45, 2.75) is 6.41 Å². The van der Waals surface area contributed by atoms with Gasteiger partial charge in [0, 0.05) is 7.05 Å². The summed E-state index contributed by atoms with van der Waals surface area (Å²) in [5, 5.41) is 12.2. The van der Waals surface area contributed by atoms with E-state index in [0.717, 1.165) is 10.5 Å². The number of anilines is 3. The maximum Gasteiger partial charge on any atom is 0.284 e. The number of hydrogen-bond acceptors (Lipinski definition) is 12. The summed E-state index contributed by atoms with van der Waals surface area (Å²) in [6, 6.07) is 0. The average molecular weight is 450 g/mol. The lowest BCUT2D eigenvalue weighted by molar-refractivity contribution is -0.0881. The molecule has 1 aromatic rings. The van der Waals surface area contributed by atoms with Gasteiger partial charge in [-0.05, 0) is 0 Å². The predicted octanol–water partition coefficient (Wildman–Crippen LogP) is 1.87. The number of ether oxygens (including phenoxy) is 1. The topological polar surface area (TPSA) is 115 Å². The molecule has 0 aliphatic heterocycles. The molecule has 0 spiro atoms. The Balaban J connectivity index is 3.43. The first-order chi connectivity index (χ1) is 15.5. The molecule has 0 bridgehead atoms. The van der Waals surface area contributed by atoms with Crippen molar-refractivity contribution in [1.29, 1.82) is 0 Å². The lowest BCUT2D eigenvalue weighted by atomic mass is 10.7. The quantitative estimate of drug-likeness (QED) is 0.188. The molecule has 12 nitrogen and oxygen atoms in total. The molecule has 0 aliphatic carbocycles. The second-order valence-electron chi connectivity index (χ2n) is 5.65. The summed E-state index contributed by atoms with van der Waals surface area (Å²) in [5.74, 6) is -0.165. The molecule has 176 valence electrons. The number of nitrogens with zero attached hydrogens (tertiary/aromatic N) is 6. The Morgan fingerprint density at radius 3 is 1.38 bits per heavy atom. The third-order valence-electron chi connectivity index (χ3n) is 3.18. The van der Waals surface area contributed by atoms with Crippen LogP contribution < -0.4 is 15.4 Å². The fraction of sp³-hybridized carbons (Fsp3) is 0.350. The average Bonchev–Trinajstić information content (AvgIpc) is 2.81. The summed E-state index contributed by atoms with van der Waals surface area (Å²) in [4.78, 5) is 36.0. The highest BCUT2D eigenvalue weighted by atomic mass is 17.0. The monoisotopic (exact) mass is 450 g/mol. The van der Waals surface area contributed by atoms with Crippen LogP contribution >= 0.6 is 0 Å². The fourth-order valence-electron chi connectivity index (χ4n) is 1.82. The summed E-state index contributed by atoms with van der Waals surface area (Å²) in [6.45, 7) is 18.4. The molecule has 12 heteroatoms. The van der Waals surface area contributed by atoms with Crippen LogP contribution in [0.25, 0.3) is 0 Å².